The van der Waals surface area contributed by atoms with Gasteiger partial charge in [-0.1, -0.05) is 6.07 Å². The number of carbonyl (C=O) groups excluding carboxylic acids is 1. The van der Waals surface area contributed by atoms with Crippen LogP contribution in [0.25, 0.3) is 0 Å². The first-order chi connectivity index (χ1) is 9.04. The average Bonchev–Trinajstić information content (AvgIpc) is 2.39. The molecule has 0 bridgehead atoms. The van der Waals surface area contributed by atoms with E-state index >= 15 is 0 Å². The minimum atomic E-state index is -0.399. The Morgan fingerprint density at radius 1 is 1.42 bits per heavy atom. The van der Waals surface area contributed by atoms with E-state index in [-0.39, 0.29) is 6.03 Å². The van der Waals surface area contributed by atoms with Crippen LogP contribution in [0.15, 0.2) is 18.2 Å². The first kappa shape index (κ1) is 14.9. The molecule has 0 atom stereocenters. The smallest absolute Gasteiger partial charge is 0.316 e. The number of amides is 2. The number of nitrogens with zero attached hydrogens (tertiary/aromatic N) is 2. The summed E-state index contributed by atoms with van der Waals surface area (Å²) in [6, 6.07) is 6.09. The predicted octanol–water partition coefficient (Wildman–Crippen LogP) is 1.06. The lowest BCUT2D eigenvalue weighted by atomic mass is 10.1. The van der Waals surface area contributed by atoms with E-state index in [0.717, 1.165) is 0 Å². The molecular weight excluding hydrogens is 247 g/mol. The SMILES string of the molecule is CN(C)C(=O)NCCNCc1ccc(C#N)cc1F. The van der Waals surface area contributed by atoms with Crippen molar-refractivity contribution < 1.29 is 9.18 Å². The molecule has 2 N–H and O–H groups in total. The summed E-state index contributed by atoms with van der Waals surface area (Å²) in [7, 11) is 3.32. The van der Waals surface area contributed by atoms with Crippen LogP contribution >= 0.6 is 0 Å². The molecule has 0 saturated carbocycles. The largest absolute Gasteiger partial charge is 0.337 e. The maximum Gasteiger partial charge on any atom is 0.316 e. The first-order valence-corrected chi connectivity index (χ1v) is 5.89. The zero-order valence-corrected chi connectivity index (χ0v) is 11.0. The van der Waals surface area contributed by atoms with Crippen LogP contribution in [0.4, 0.5) is 9.18 Å². The molecule has 6 heteroatoms. The molecule has 5 nitrogen and oxygen atoms in total. The Kier molecular flexibility index (Phi) is 5.76. The third kappa shape index (κ3) is 4.94. The normalized spacial score (nSPS) is 9.79. The average molecular weight is 264 g/mol. The van der Waals surface area contributed by atoms with Crippen molar-refractivity contribution in [2.45, 2.75) is 6.54 Å². The molecule has 0 aliphatic carbocycles. The Hall–Kier alpha value is -2.13. The fourth-order valence-electron chi connectivity index (χ4n) is 1.40. The van der Waals surface area contributed by atoms with Gasteiger partial charge in [-0.05, 0) is 12.1 Å². The van der Waals surface area contributed by atoms with E-state index < -0.39 is 5.82 Å². The summed E-state index contributed by atoms with van der Waals surface area (Å²) in [5, 5.41) is 14.3. The van der Waals surface area contributed by atoms with Crippen molar-refractivity contribution in [1.29, 1.82) is 5.26 Å². The van der Waals surface area contributed by atoms with Crippen LogP contribution in [-0.2, 0) is 6.54 Å². The molecule has 1 aromatic rings. The molecule has 0 aromatic heterocycles. The summed E-state index contributed by atoms with van der Waals surface area (Å²) in [5.41, 5.74) is 0.803. The van der Waals surface area contributed by atoms with Crippen LogP contribution in [0.5, 0.6) is 0 Å². The second-order valence-corrected chi connectivity index (χ2v) is 4.22. The van der Waals surface area contributed by atoms with E-state index in [2.05, 4.69) is 10.6 Å². The lowest BCUT2D eigenvalue weighted by Crippen LogP contribution is -2.38. The third-order valence-corrected chi connectivity index (χ3v) is 2.48. The molecule has 19 heavy (non-hydrogen) atoms. The molecule has 2 amide bonds. The highest BCUT2D eigenvalue weighted by molar-refractivity contribution is 5.73. The van der Waals surface area contributed by atoms with Gasteiger partial charge < -0.3 is 15.5 Å². The number of rotatable bonds is 5. The van der Waals surface area contributed by atoms with Crippen LogP contribution in [0.2, 0.25) is 0 Å². The molecule has 0 fully saturated rings. The van der Waals surface area contributed by atoms with E-state index in [9.17, 15) is 9.18 Å². The van der Waals surface area contributed by atoms with Crippen molar-refractivity contribution in [3.05, 3.63) is 35.1 Å². The fourth-order valence-corrected chi connectivity index (χ4v) is 1.40. The van der Waals surface area contributed by atoms with Gasteiger partial charge in [0.05, 0.1) is 11.6 Å². The number of nitrogens with one attached hydrogen (secondary N) is 2. The maximum atomic E-state index is 13.5. The van der Waals surface area contributed by atoms with Gasteiger partial charge in [-0.2, -0.15) is 5.26 Å². The van der Waals surface area contributed by atoms with Gasteiger partial charge in [-0.3, -0.25) is 0 Å². The Morgan fingerprint density at radius 2 is 2.16 bits per heavy atom. The molecule has 0 aliphatic heterocycles. The Bertz CT molecular complexity index is 482. The molecule has 1 aromatic carbocycles. The summed E-state index contributed by atoms with van der Waals surface area (Å²) in [4.78, 5) is 12.6. The van der Waals surface area contributed by atoms with E-state index in [1.165, 1.54) is 11.0 Å². The van der Waals surface area contributed by atoms with Crippen molar-refractivity contribution in [3.63, 3.8) is 0 Å². The highest BCUT2D eigenvalue weighted by Gasteiger charge is 2.04. The highest BCUT2D eigenvalue weighted by Crippen LogP contribution is 2.09. The standard InChI is InChI=1S/C13H17FN4O/c1-18(2)13(19)17-6-5-16-9-11-4-3-10(8-15)7-12(11)14/h3-4,7,16H,5-6,9H2,1-2H3,(H,17,19). The number of nitriles is 1. The molecule has 102 valence electrons. The number of hydrogen-bond acceptors (Lipinski definition) is 3. The van der Waals surface area contributed by atoms with Crippen LogP contribution < -0.4 is 10.6 Å². The number of carbonyl (C=O) groups is 1. The van der Waals surface area contributed by atoms with Crippen molar-refractivity contribution >= 4 is 6.03 Å². The lowest BCUT2D eigenvalue weighted by Gasteiger charge is -2.12. The van der Waals surface area contributed by atoms with Crippen LogP contribution in [0.1, 0.15) is 11.1 Å². The lowest BCUT2D eigenvalue weighted by molar-refractivity contribution is 0.217. The Balaban J connectivity index is 2.30. The molecule has 0 unspecified atom stereocenters. The number of hydrogen-bond donors (Lipinski definition) is 2. The number of benzene rings is 1. The maximum absolute atomic E-state index is 13.5. The summed E-state index contributed by atoms with van der Waals surface area (Å²) in [5.74, 6) is -0.399. The molecule has 0 radical (unpaired) electrons. The molecule has 0 saturated heterocycles. The zero-order chi connectivity index (χ0) is 14.3. The minimum absolute atomic E-state index is 0.161. The van der Waals surface area contributed by atoms with Crippen LogP contribution in [0.3, 0.4) is 0 Å². The summed E-state index contributed by atoms with van der Waals surface area (Å²) in [6.07, 6.45) is 0. The highest BCUT2D eigenvalue weighted by atomic mass is 19.1. The molecule has 1 rings (SSSR count). The van der Waals surface area contributed by atoms with Crippen molar-refractivity contribution in [2.75, 3.05) is 27.2 Å². The first-order valence-electron chi connectivity index (χ1n) is 5.89. The number of halogens is 1. The second kappa shape index (κ2) is 7.34. The van der Waals surface area contributed by atoms with Crippen molar-refractivity contribution in [1.82, 2.24) is 15.5 Å². The Labute approximate surface area is 112 Å². The summed E-state index contributed by atoms with van der Waals surface area (Å²) in [6.45, 7) is 1.36. The van der Waals surface area contributed by atoms with Crippen molar-refractivity contribution in [3.8, 4) is 6.07 Å². The van der Waals surface area contributed by atoms with Gasteiger partial charge in [0.2, 0.25) is 0 Å². The topological polar surface area (TPSA) is 68.2 Å². The van der Waals surface area contributed by atoms with Gasteiger partial charge in [-0.25, -0.2) is 9.18 Å². The van der Waals surface area contributed by atoms with Gasteiger partial charge >= 0.3 is 6.03 Å². The second-order valence-electron chi connectivity index (χ2n) is 4.22. The molecular formula is C13H17FN4O. The van der Waals surface area contributed by atoms with Gasteiger partial charge in [0.15, 0.2) is 0 Å². The summed E-state index contributed by atoms with van der Waals surface area (Å²) >= 11 is 0. The van der Waals surface area contributed by atoms with Gasteiger partial charge in [0.25, 0.3) is 0 Å². The van der Waals surface area contributed by atoms with E-state index in [1.807, 2.05) is 6.07 Å². The third-order valence-electron chi connectivity index (χ3n) is 2.48. The van der Waals surface area contributed by atoms with E-state index in [4.69, 9.17) is 5.26 Å². The predicted molar refractivity (Wildman–Crippen MR) is 69.9 cm³/mol. The minimum Gasteiger partial charge on any atom is -0.337 e. The Morgan fingerprint density at radius 3 is 2.74 bits per heavy atom. The van der Waals surface area contributed by atoms with Gasteiger partial charge in [0.1, 0.15) is 5.82 Å². The molecule has 0 heterocycles. The quantitative estimate of drug-likeness (QED) is 0.781. The van der Waals surface area contributed by atoms with E-state index in [0.29, 0.717) is 30.8 Å². The summed E-state index contributed by atoms with van der Waals surface area (Å²) < 4.78 is 13.5. The van der Waals surface area contributed by atoms with E-state index in [1.54, 1.807) is 26.2 Å². The zero-order valence-electron chi connectivity index (χ0n) is 11.0. The van der Waals surface area contributed by atoms with Crippen LogP contribution in [0, 0.1) is 17.1 Å². The van der Waals surface area contributed by atoms with Gasteiger partial charge in [0, 0.05) is 39.3 Å². The fraction of sp³-hybridized carbons (Fsp3) is 0.385. The number of urea groups is 1. The van der Waals surface area contributed by atoms with Crippen molar-refractivity contribution in [2.24, 2.45) is 0 Å². The van der Waals surface area contributed by atoms with Gasteiger partial charge in [-0.15, -0.1) is 0 Å². The van der Waals surface area contributed by atoms with Crippen LogP contribution in [-0.4, -0.2) is 38.1 Å². The monoisotopic (exact) mass is 264 g/mol. The molecule has 0 aliphatic rings. The molecule has 0 spiro atoms.